The van der Waals surface area contributed by atoms with Crippen molar-refractivity contribution in [1.82, 2.24) is 24.9 Å². The van der Waals surface area contributed by atoms with Gasteiger partial charge in [-0.25, -0.2) is 9.97 Å². The number of pyridine rings is 5. The first-order valence-electron chi connectivity index (χ1n) is 44.6. The minimum Gasteiger partial charge on any atom is -0.494 e. The lowest BCUT2D eigenvalue weighted by molar-refractivity contribution is 0.217. The maximum atomic E-state index is 6.51. The monoisotopic (exact) mass is 1630 g/mol. The normalized spacial score (nSPS) is 12.6. The molecule has 15 rings (SSSR count). The number of aryl methyl sites for hydroxylation is 3. The highest BCUT2D eigenvalue weighted by Crippen LogP contribution is 2.50. The van der Waals surface area contributed by atoms with Gasteiger partial charge in [-0.05, 0) is 245 Å². The fourth-order valence-electron chi connectivity index (χ4n) is 17.3. The van der Waals surface area contributed by atoms with Crippen molar-refractivity contribution in [2.24, 2.45) is 0 Å². The highest BCUT2D eigenvalue weighted by Gasteiger charge is 2.42. The largest absolute Gasteiger partial charge is 0.494 e. The predicted molar refractivity (Wildman–Crippen MR) is 516 cm³/mol. The number of hydrogen-bond donors (Lipinski definition) is 0. The van der Waals surface area contributed by atoms with Crippen LogP contribution in [0.3, 0.4) is 0 Å². The van der Waals surface area contributed by atoms with E-state index >= 15 is 0 Å². The first-order chi connectivity index (χ1) is 59.2. The van der Waals surface area contributed by atoms with E-state index in [2.05, 4.69) is 392 Å². The van der Waals surface area contributed by atoms with E-state index in [1.807, 2.05) is 42.7 Å². The molecular weight excluding hydrogens is 1510 g/mol. The molecule has 0 aliphatic carbocycles. The van der Waals surface area contributed by atoms with Gasteiger partial charge in [-0.15, -0.1) is 0 Å². The van der Waals surface area contributed by atoms with Crippen molar-refractivity contribution in [2.45, 2.75) is 206 Å². The summed E-state index contributed by atoms with van der Waals surface area (Å²) in [5.74, 6) is 2.41. The van der Waals surface area contributed by atoms with Crippen LogP contribution in [0.25, 0.3) is 55.8 Å². The fraction of sp³-hybridized carbons (Fsp3) is 0.302. The molecule has 0 aliphatic heterocycles. The van der Waals surface area contributed by atoms with Crippen LogP contribution in [0.15, 0.2) is 310 Å². The van der Waals surface area contributed by atoms with E-state index < -0.39 is 10.8 Å². The average molecular weight is 1640 g/mol. The zero-order chi connectivity index (χ0) is 87.4. The molecule has 0 saturated carbocycles. The van der Waals surface area contributed by atoms with Crippen LogP contribution in [0.5, 0.6) is 17.2 Å². The molecule has 0 bridgehead atoms. The van der Waals surface area contributed by atoms with Crippen LogP contribution in [-0.2, 0) is 62.6 Å². The Balaban J connectivity index is 0.537. The molecule has 8 nitrogen and oxygen atoms in total. The van der Waals surface area contributed by atoms with E-state index in [1.165, 1.54) is 83.5 Å². The molecule has 0 radical (unpaired) electrons. The third kappa shape index (κ3) is 19.3. The van der Waals surface area contributed by atoms with E-state index in [9.17, 15) is 0 Å². The summed E-state index contributed by atoms with van der Waals surface area (Å²) in [4.78, 5) is 25.4. The van der Waals surface area contributed by atoms with Crippen LogP contribution >= 0.6 is 0 Å². The van der Waals surface area contributed by atoms with Gasteiger partial charge in [-0.2, -0.15) is 0 Å². The van der Waals surface area contributed by atoms with Crippen molar-refractivity contribution in [3.8, 4) is 51.3 Å². The first kappa shape index (κ1) is 86.8. The van der Waals surface area contributed by atoms with E-state index in [0.29, 0.717) is 19.8 Å². The highest BCUT2D eigenvalue weighted by atomic mass is 16.5. The number of unbranched alkanes of at least 4 members (excludes halogenated alkanes) is 1. The summed E-state index contributed by atoms with van der Waals surface area (Å²) in [7, 11) is 0. The number of nitrogens with zero attached hydrogens (tertiary/aromatic N) is 5. The lowest BCUT2D eigenvalue weighted by atomic mass is 9.64. The molecule has 0 unspecified atom stereocenters. The smallest absolute Gasteiger partial charge is 0.122 e. The van der Waals surface area contributed by atoms with Crippen molar-refractivity contribution in [2.75, 3.05) is 19.8 Å². The van der Waals surface area contributed by atoms with Gasteiger partial charge in [0.25, 0.3) is 0 Å². The van der Waals surface area contributed by atoms with E-state index in [0.717, 1.165) is 123 Å². The highest BCUT2D eigenvalue weighted by molar-refractivity contribution is 6.03. The van der Waals surface area contributed by atoms with E-state index in [-0.39, 0.29) is 32.5 Å². The SMILES string of the molecule is CC(C)(C)c1ccc(C(c2ccc(OCCCc3ccc(-c4cccc(-c5ccc(CCCCc6ccc7ccc8ccc(-c9ccc(OCCOc%10ccc(C(c%11ccc(C(C)(C)C)cc%11)(c%11ccc(C(C)(C)C)cc%11)c%11ccc(C(C)(C)C)cc%11)cc%10)cc9)nc8c7n6)cn5)n4)nc3)cc2)(c2ccc(C(C)(C)C)cc2)c2ccc(C(C)(C)C)cc2)cc1. The van der Waals surface area contributed by atoms with Crippen molar-refractivity contribution < 1.29 is 14.2 Å². The Hall–Kier alpha value is -12.1. The van der Waals surface area contributed by atoms with Gasteiger partial charge in [0.05, 0.1) is 56.9 Å². The van der Waals surface area contributed by atoms with E-state index in [1.54, 1.807) is 0 Å². The standard InChI is InChI=1S/C116H123N5O3/c1-109(2,3)84-36-48-90(49-37-84)115(91-50-38-85(39-51-91)110(4,5)6,92-52-40-86(41-53-92)111(7,8)9)96-60-67-100(68-61-96)122-74-22-24-80-29-72-104(118-78-80)106-27-21-26-105(120-106)103-71-28-79(77-117-103)23-19-20-25-98-64-32-82-30-31-83-35-73-102(121-108(83)107(82)119-98)81-33-65-99(66-34-81)123-75-76-124-101-69-62-97(63-70-101)116(93-54-42-87(43-55-93)112(10,11)12,94-56-44-88(45-57-94)113(13,14)15)95-58-46-89(47-59-95)114(16,17)18/h21,26-73,77-78H,19-20,22-25,74-76H2,1-18H3. The van der Waals surface area contributed by atoms with E-state index in [4.69, 9.17) is 39.1 Å². The van der Waals surface area contributed by atoms with Crippen LogP contribution in [0, 0.1) is 0 Å². The molecule has 0 amide bonds. The van der Waals surface area contributed by atoms with Crippen LogP contribution in [0.2, 0.25) is 0 Å². The molecule has 10 aromatic carbocycles. The molecule has 0 N–H and O–H groups in total. The maximum Gasteiger partial charge on any atom is 0.122 e. The third-order valence-electron chi connectivity index (χ3n) is 25.0. The van der Waals surface area contributed by atoms with Gasteiger partial charge < -0.3 is 14.2 Å². The molecule has 0 fully saturated rings. The number of rotatable bonds is 26. The predicted octanol–water partition coefficient (Wildman–Crippen LogP) is 28.6. The summed E-state index contributed by atoms with van der Waals surface area (Å²) in [5, 5.41) is 2.13. The van der Waals surface area contributed by atoms with Crippen molar-refractivity contribution in [3.63, 3.8) is 0 Å². The van der Waals surface area contributed by atoms with Crippen LogP contribution in [0.1, 0.15) is 239 Å². The lowest BCUT2D eigenvalue weighted by Crippen LogP contribution is -2.31. The first-order valence-corrected chi connectivity index (χ1v) is 44.6. The van der Waals surface area contributed by atoms with Crippen molar-refractivity contribution in [3.05, 3.63) is 404 Å². The molecule has 0 aliphatic rings. The summed E-state index contributed by atoms with van der Waals surface area (Å²) in [6.45, 7) is 42.4. The van der Waals surface area contributed by atoms with Gasteiger partial charge in [0.1, 0.15) is 30.5 Å². The van der Waals surface area contributed by atoms with Gasteiger partial charge in [0.2, 0.25) is 0 Å². The Morgan fingerprint density at radius 2 is 0.492 bits per heavy atom. The number of aromatic nitrogens is 5. The van der Waals surface area contributed by atoms with Gasteiger partial charge in [0.15, 0.2) is 0 Å². The molecule has 124 heavy (non-hydrogen) atoms. The number of fused-ring (bicyclic) bond motifs is 3. The number of hydrogen-bond acceptors (Lipinski definition) is 8. The molecule has 0 atom stereocenters. The summed E-state index contributed by atoms with van der Waals surface area (Å²) in [6.07, 6.45) is 9.42. The van der Waals surface area contributed by atoms with Crippen LogP contribution in [-0.4, -0.2) is 44.7 Å². The van der Waals surface area contributed by atoms with Gasteiger partial charge in [0, 0.05) is 34.4 Å². The second-order valence-corrected chi connectivity index (χ2v) is 40.1. The maximum absolute atomic E-state index is 6.51. The Morgan fingerprint density at radius 1 is 0.218 bits per heavy atom. The minimum atomic E-state index is -0.611. The van der Waals surface area contributed by atoms with Crippen LogP contribution in [0.4, 0.5) is 0 Å². The second-order valence-electron chi connectivity index (χ2n) is 40.1. The minimum absolute atomic E-state index is 0.0173. The lowest BCUT2D eigenvalue weighted by Gasteiger charge is -2.38. The zero-order valence-electron chi connectivity index (χ0n) is 76.3. The Morgan fingerprint density at radius 3 is 0.823 bits per heavy atom. The Labute approximate surface area is 738 Å². The molecule has 8 heteroatoms. The Kier molecular flexibility index (Phi) is 24.9. The van der Waals surface area contributed by atoms with Crippen molar-refractivity contribution in [1.29, 1.82) is 0 Å². The summed E-state index contributed by atoms with van der Waals surface area (Å²) in [5.41, 5.74) is 26.9. The molecule has 5 heterocycles. The third-order valence-corrected chi connectivity index (χ3v) is 25.0. The topological polar surface area (TPSA) is 92.1 Å². The summed E-state index contributed by atoms with van der Waals surface area (Å²) in [6, 6.07) is 109. The molecular formula is C116H123N5O3. The van der Waals surface area contributed by atoms with Crippen LogP contribution < -0.4 is 14.2 Å². The zero-order valence-corrected chi connectivity index (χ0v) is 76.3. The van der Waals surface area contributed by atoms with Gasteiger partial charge >= 0.3 is 0 Å². The second kappa shape index (κ2) is 35.6. The molecule has 0 saturated heterocycles. The molecule has 5 aromatic heterocycles. The number of ether oxygens (including phenoxy) is 3. The Bertz CT molecular complexity index is 5840. The number of benzene rings is 10. The fourth-order valence-corrected chi connectivity index (χ4v) is 17.3. The molecule has 0 spiro atoms. The molecule has 630 valence electrons. The van der Waals surface area contributed by atoms with Crippen molar-refractivity contribution >= 4 is 21.8 Å². The van der Waals surface area contributed by atoms with Gasteiger partial charge in [-0.1, -0.05) is 337 Å². The average Bonchev–Trinajstić information content (AvgIpc) is 0.731. The molecule has 15 aromatic rings. The van der Waals surface area contributed by atoms with Gasteiger partial charge in [-0.3, -0.25) is 15.0 Å². The summed E-state index contributed by atoms with van der Waals surface area (Å²) < 4.78 is 19.2. The summed E-state index contributed by atoms with van der Waals surface area (Å²) >= 11 is 0. The quantitative estimate of drug-likeness (QED) is 0.0301.